The molecule has 2 rings (SSSR count). The molecular weight excluding hydrogens is 213 g/mol. The second-order valence-corrected chi connectivity index (χ2v) is 5.01. The molecular formula is C13H20BNO2. The lowest BCUT2D eigenvalue weighted by molar-refractivity contribution is 0.121. The van der Waals surface area contributed by atoms with Crippen molar-refractivity contribution < 1.29 is 10.1 Å². The Labute approximate surface area is 103 Å². The topological polar surface area (TPSA) is 43.7 Å². The molecule has 1 aromatic rings. The number of hydrogen-bond acceptors (Lipinski definition) is 3. The summed E-state index contributed by atoms with van der Waals surface area (Å²) in [4.78, 5) is 2.03. The number of hydrogen-bond donors (Lipinski definition) is 2. The van der Waals surface area contributed by atoms with Crippen LogP contribution in [0.25, 0.3) is 0 Å². The van der Waals surface area contributed by atoms with E-state index in [0.717, 1.165) is 25.9 Å². The average molecular weight is 233 g/mol. The SMILES string of the molecule is CB(O)N1CCCC(CO)(c2ccccc2)C1. The molecule has 0 bridgehead atoms. The second kappa shape index (κ2) is 5.21. The van der Waals surface area contributed by atoms with Gasteiger partial charge in [-0.3, -0.25) is 0 Å². The number of aliphatic hydroxyl groups excluding tert-OH is 1. The Morgan fingerprint density at radius 3 is 2.65 bits per heavy atom. The number of piperidine rings is 1. The summed E-state index contributed by atoms with van der Waals surface area (Å²) in [7, 11) is -0.440. The minimum Gasteiger partial charge on any atom is -0.437 e. The first-order chi connectivity index (χ1) is 8.18. The molecule has 0 spiro atoms. The lowest BCUT2D eigenvalue weighted by atomic mass is 9.70. The highest BCUT2D eigenvalue weighted by molar-refractivity contribution is 6.45. The fraction of sp³-hybridized carbons (Fsp3) is 0.538. The minimum atomic E-state index is -0.440. The van der Waals surface area contributed by atoms with E-state index >= 15 is 0 Å². The molecule has 2 N–H and O–H groups in total. The van der Waals surface area contributed by atoms with E-state index in [9.17, 15) is 10.1 Å². The van der Waals surface area contributed by atoms with Gasteiger partial charge in [-0.2, -0.15) is 0 Å². The number of aliphatic hydroxyl groups is 1. The van der Waals surface area contributed by atoms with E-state index in [-0.39, 0.29) is 12.0 Å². The second-order valence-electron chi connectivity index (χ2n) is 5.01. The van der Waals surface area contributed by atoms with Gasteiger partial charge in [0.05, 0.1) is 6.61 Å². The Morgan fingerprint density at radius 1 is 1.35 bits per heavy atom. The maximum absolute atomic E-state index is 9.79. The maximum Gasteiger partial charge on any atom is 0.376 e. The van der Waals surface area contributed by atoms with E-state index in [0.29, 0.717) is 0 Å². The van der Waals surface area contributed by atoms with Crippen LogP contribution in [-0.4, -0.2) is 41.7 Å². The van der Waals surface area contributed by atoms with Crippen LogP contribution in [0, 0.1) is 0 Å². The summed E-state index contributed by atoms with van der Waals surface area (Å²) in [6.07, 6.45) is 2.00. The number of rotatable bonds is 3. The Kier molecular flexibility index (Phi) is 3.87. The highest BCUT2D eigenvalue weighted by Crippen LogP contribution is 2.33. The zero-order valence-corrected chi connectivity index (χ0v) is 10.3. The van der Waals surface area contributed by atoms with Crippen molar-refractivity contribution >= 4 is 7.05 Å². The Balaban J connectivity index is 2.25. The Morgan fingerprint density at radius 2 is 2.06 bits per heavy atom. The van der Waals surface area contributed by atoms with Gasteiger partial charge in [-0.1, -0.05) is 30.3 Å². The third kappa shape index (κ3) is 2.54. The van der Waals surface area contributed by atoms with Gasteiger partial charge in [0.2, 0.25) is 0 Å². The van der Waals surface area contributed by atoms with Crippen molar-refractivity contribution in [3.8, 4) is 0 Å². The van der Waals surface area contributed by atoms with Gasteiger partial charge in [-0.15, -0.1) is 0 Å². The van der Waals surface area contributed by atoms with Crippen LogP contribution in [-0.2, 0) is 5.41 Å². The van der Waals surface area contributed by atoms with Crippen molar-refractivity contribution in [3.63, 3.8) is 0 Å². The van der Waals surface area contributed by atoms with Gasteiger partial charge in [0.25, 0.3) is 0 Å². The van der Waals surface area contributed by atoms with Gasteiger partial charge in [0, 0.05) is 12.0 Å². The first-order valence-electron chi connectivity index (χ1n) is 6.26. The summed E-state index contributed by atoms with van der Waals surface area (Å²) < 4.78 is 0. The molecule has 0 saturated carbocycles. The molecule has 1 unspecified atom stereocenters. The highest BCUT2D eigenvalue weighted by Gasteiger charge is 2.38. The summed E-state index contributed by atoms with van der Waals surface area (Å²) in [6.45, 7) is 3.57. The van der Waals surface area contributed by atoms with Gasteiger partial charge in [0.15, 0.2) is 0 Å². The standard InChI is InChI=1S/C13H20BNO2/c1-14(17)15-9-5-8-13(10-15,11-16)12-6-3-2-4-7-12/h2-4,6-7,16-17H,5,8-11H2,1H3. The molecule has 0 aromatic heterocycles. The molecule has 0 amide bonds. The van der Waals surface area contributed by atoms with Crippen LogP contribution in [0.15, 0.2) is 30.3 Å². The number of nitrogens with zero attached hydrogens (tertiary/aromatic N) is 1. The van der Waals surface area contributed by atoms with Crippen LogP contribution in [0.3, 0.4) is 0 Å². The van der Waals surface area contributed by atoms with Gasteiger partial charge in [-0.25, -0.2) is 0 Å². The van der Waals surface area contributed by atoms with Crippen molar-refractivity contribution in [2.45, 2.75) is 25.1 Å². The van der Waals surface area contributed by atoms with Crippen molar-refractivity contribution in [1.29, 1.82) is 0 Å². The zero-order valence-electron chi connectivity index (χ0n) is 10.3. The Bertz CT molecular complexity index is 358. The average Bonchev–Trinajstić information content (AvgIpc) is 2.39. The molecule has 4 heteroatoms. The van der Waals surface area contributed by atoms with E-state index in [1.54, 1.807) is 6.82 Å². The van der Waals surface area contributed by atoms with Crippen LogP contribution in [0.2, 0.25) is 6.82 Å². The fourth-order valence-corrected chi connectivity index (χ4v) is 2.73. The summed E-state index contributed by atoms with van der Waals surface area (Å²) in [5, 5.41) is 19.5. The summed E-state index contributed by atoms with van der Waals surface area (Å²) in [6, 6.07) is 10.1. The molecule has 1 heterocycles. The normalized spacial score (nSPS) is 25.8. The minimum absolute atomic E-state index is 0.139. The van der Waals surface area contributed by atoms with E-state index < -0.39 is 7.05 Å². The first-order valence-corrected chi connectivity index (χ1v) is 6.26. The predicted molar refractivity (Wildman–Crippen MR) is 69.8 cm³/mol. The number of benzene rings is 1. The van der Waals surface area contributed by atoms with Crippen molar-refractivity contribution in [2.24, 2.45) is 0 Å². The first kappa shape index (κ1) is 12.6. The molecule has 17 heavy (non-hydrogen) atoms. The lowest BCUT2D eigenvalue weighted by Crippen LogP contribution is -2.52. The molecule has 1 saturated heterocycles. The molecule has 0 radical (unpaired) electrons. The summed E-state index contributed by atoms with van der Waals surface area (Å²) in [5.41, 5.74) is 0.962. The molecule has 1 aliphatic heterocycles. The smallest absolute Gasteiger partial charge is 0.376 e. The molecule has 1 fully saturated rings. The van der Waals surface area contributed by atoms with Gasteiger partial charge < -0.3 is 14.9 Å². The van der Waals surface area contributed by atoms with Crippen LogP contribution in [0.4, 0.5) is 0 Å². The van der Waals surface area contributed by atoms with Gasteiger partial charge in [-0.05, 0) is 31.8 Å². The van der Waals surface area contributed by atoms with Crippen LogP contribution >= 0.6 is 0 Å². The molecule has 3 nitrogen and oxygen atoms in total. The van der Waals surface area contributed by atoms with E-state index in [1.807, 2.05) is 23.0 Å². The maximum atomic E-state index is 9.79. The molecule has 92 valence electrons. The molecule has 1 aromatic carbocycles. The third-order valence-electron chi connectivity index (χ3n) is 3.82. The summed E-state index contributed by atoms with van der Waals surface area (Å²) in [5.74, 6) is 0. The fourth-order valence-electron chi connectivity index (χ4n) is 2.73. The third-order valence-corrected chi connectivity index (χ3v) is 3.82. The van der Waals surface area contributed by atoms with E-state index in [4.69, 9.17) is 0 Å². The van der Waals surface area contributed by atoms with Crippen LogP contribution < -0.4 is 0 Å². The van der Waals surface area contributed by atoms with Crippen LogP contribution in [0.1, 0.15) is 18.4 Å². The molecule has 1 atom stereocenters. The lowest BCUT2D eigenvalue weighted by Gasteiger charge is -2.42. The highest BCUT2D eigenvalue weighted by atomic mass is 16.3. The van der Waals surface area contributed by atoms with E-state index in [1.165, 1.54) is 5.56 Å². The monoisotopic (exact) mass is 233 g/mol. The van der Waals surface area contributed by atoms with Crippen molar-refractivity contribution in [3.05, 3.63) is 35.9 Å². The van der Waals surface area contributed by atoms with Crippen molar-refractivity contribution in [2.75, 3.05) is 19.7 Å². The molecule has 1 aliphatic rings. The summed E-state index contributed by atoms with van der Waals surface area (Å²) >= 11 is 0. The van der Waals surface area contributed by atoms with E-state index in [2.05, 4.69) is 12.1 Å². The zero-order chi connectivity index (χ0) is 12.3. The van der Waals surface area contributed by atoms with Gasteiger partial charge in [0.1, 0.15) is 0 Å². The molecule has 0 aliphatic carbocycles. The van der Waals surface area contributed by atoms with Gasteiger partial charge >= 0.3 is 7.05 Å². The quantitative estimate of drug-likeness (QED) is 0.769. The predicted octanol–water partition coefficient (Wildman–Crippen LogP) is 1.12. The largest absolute Gasteiger partial charge is 0.437 e. The van der Waals surface area contributed by atoms with Crippen molar-refractivity contribution in [1.82, 2.24) is 4.81 Å². The van der Waals surface area contributed by atoms with Crippen LogP contribution in [0.5, 0.6) is 0 Å². The Hall–Kier alpha value is -0.835.